The van der Waals surface area contributed by atoms with Crippen molar-refractivity contribution < 1.29 is 4.79 Å². The number of benzene rings is 1. The summed E-state index contributed by atoms with van der Waals surface area (Å²) in [6.45, 7) is 3.75. The second-order valence-electron chi connectivity index (χ2n) is 4.60. The average molecular weight is 272 g/mol. The van der Waals surface area contributed by atoms with Gasteiger partial charge in [-0.05, 0) is 30.9 Å². The first kappa shape index (κ1) is 12.7. The van der Waals surface area contributed by atoms with E-state index in [1.165, 1.54) is 6.42 Å². The SMILES string of the molecule is CC1CCCN(C(=O)c2c(Cl)cccc2Cl)C1. The lowest BCUT2D eigenvalue weighted by atomic mass is 9.99. The van der Waals surface area contributed by atoms with Gasteiger partial charge in [0, 0.05) is 13.1 Å². The van der Waals surface area contributed by atoms with E-state index in [0.717, 1.165) is 19.5 Å². The van der Waals surface area contributed by atoms with Crippen LogP contribution in [0.4, 0.5) is 0 Å². The van der Waals surface area contributed by atoms with Crippen LogP contribution in [-0.4, -0.2) is 23.9 Å². The zero-order valence-electron chi connectivity index (χ0n) is 9.75. The molecule has 0 aromatic heterocycles. The van der Waals surface area contributed by atoms with E-state index >= 15 is 0 Å². The molecular weight excluding hydrogens is 257 g/mol. The van der Waals surface area contributed by atoms with Gasteiger partial charge in [0.2, 0.25) is 0 Å². The third kappa shape index (κ3) is 2.75. The first-order valence-electron chi connectivity index (χ1n) is 5.83. The van der Waals surface area contributed by atoms with E-state index in [4.69, 9.17) is 23.2 Å². The van der Waals surface area contributed by atoms with Gasteiger partial charge in [0.15, 0.2) is 0 Å². The summed E-state index contributed by atoms with van der Waals surface area (Å²) in [5, 5.41) is 0.862. The molecule has 1 fully saturated rings. The van der Waals surface area contributed by atoms with Gasteiger partial charge < -0.3 is 4.90 Å². The quantitative estimate of drug-likeness (QED) is 0.760. The molecule has 17 heavy (non-hydrogen) atoms. The van der Waals surface area contributed by atoms with E-state index in [2.05, 4.69) is 6.92 Å². The molecule has 1 atom stereocenters. The van der Waals surface area contributed by atoms with E-state index in [-0.39, 0.29) is 5.91 Å². The van der Waals surface area contributed by atoms with E-state index in [1.54, 1.807) is 18.2 Å². The molecule has 2 rings (SSSR count). The number of piperidine rings is 1. The molecule has 0 saturated carbocycles. The highest BCUT2D eigenvalue weighted by Crippen LogP contribution is 2.27. The Morgan fingerprint density at radius 1 is 1.35 bits per heavy atom. The van der Waals surface area contributed by atoms with Gasteiger partial charge in [-0.1, -0.05) is 36.2 Å². The molecule has 0 aliphatic carbocycles. The fourth-order valence-electron chi connectivity index (χ4n) is 2.23. The summed E-state index contributed by atoms with van der Waals surface area (Å²) >= 11 is 12.1. The predicted octanol–water partition coefficient (Wildman–Crippen LogP) is 3.87. The van der Waals surface area contributed by atoms with Crippen molar-refractivity contribution in [3.63, 3.8) is 0 Å². The van der Waals surface area contributed by atoms with E-state index in [1.807, 2.05) is 4.90 Å². The van der Waals surface area contributed by atoms with Crippen molar-refractivity contribution >= 4 is 29.1 Å². The Labute approximate surface area is 112 Å². The van der Waals surface area contributed by atoms with Crippen molar-refractivity contribution in [3.8, 4) is 0 Å². The van der Waals surface area contributed by atoms with Crippen LogP contribution in [0, 0.1) is 5.92 Å². The Bertz CT molecular complexity index is 413. The molecule has 92 valence electrons. The van der Waals surface area contributed by atoms with Gasteiger partial charge in [-0.15, -0.1) is 0 Å². The largest absolute Gasteiger partial charge is 0.338 e. The second kappa shape index (κ2) is 5.28. The molecule has 1 heterocycles. The topological polar surface area (TPSA) is 20.3 Å². The summed E-state index contributed by atoms with van der Waals surface area (Å²) in [6.07, 6.45) is 2.23. The van der Waals surface area contributed by atoms with Crippen LogP contribution in [0.5, 0.6) is 0 Å². The maximum atomic E-state index is 12.3. The summed E-state index contributed by atoms with van der Waals surface area (Å²) in [5.41, 5.74) is 0.435. The van der Waals surface area contributed by atoms with Crippen LogP contribution in [0.3, 0.4) is 0 Å². The lowest BCUT2D eigenvalue weighted by Gasteiger charge is -2.31. The third-order valence-corrected chi connectivity index (χ3v) is 3.75. The Morgan fingerprint density at radius 3 is 2.59 bits per heavy atom. The number of halogens is 2. The average Bonchev–Trinajstić information content (AvgIpc) is 2.28. The molecule has 0 bridgehead atoms. The molecule has 0 spiro atoms. The Balaban J connectivity index is 2.24. The number of carbonyl (C=O) groups excluding carboxylic acids is 1. The molecule has 1 aliphatic rings. The number of amides is 1. The van der Waals surface area contributed by atoms with Gasteiger partial charge in [0.1, 0.15) is 0 Å². The summed E-state index contributed by atoms with van der Waals surface area (Å²) in [4.78, 5) is 14.2. The zero-order valence-corrected chi connectivity index (χ0v) is 11.3. The molecule has 0 N–H and O–H groups in total. The standard InChI is InChI=1S/C13H15Cl2NO/c1-9-4-3-7-16(8-9)13(17)12-10(14)5-2-6-11(12)15/h2,5-6,9H,3-4,7-8H2,1H3. The Morgan fingerprint density at radius 2 is 2.00 bits per heavy atom. The van der Waals surface area contributed by atoms with Gasteiger partial charge in [0.05, 0.1) is 15.6 Å². The smallest absolute Gasteiger partial charge is 0.256 e. The van der Waals surface area contributed by atoms with Crippen LogP contribution in [0.1, 0.15) is 30.1 Å². The summed E-state index contributed by atoms with van der Waals surface area (Å²) in [7, 11) is 0. The minimum absolute atomic E-state index is 0.0489. The van der Waals surface area contributed by atoms with Crippen LogP contribution in [-0.2, 0) is 0 Å². The van der Waals surface area contributed by atoms with Crippen LogP contribution < -0.4 is 0 Å². The van der Waals surface area contributed by atoms with Crippen molar-refractivity contribution in [2.75, 3.05) is 13.1 Å². The van der Waals surface area contributed by atoms with Crippen LogP contribution in [0.15, 0.2) is 18.2 Å². The van der Waals surface area contributed by atoms with Crippen molar-refractivity contribution in [3.05, 3.63) is 33.8 Å². The van der Waals surface area contributed by atoms with E-state index < -0.39 is 0 Å². The normalized spacial score (nSPS) is 20.4. The van der Waals surface area contributed by atoms with Gasteiger partial charge in [-0.25, -0.2) is 0 Å². The highest BCUT2D eigenvalue weighted by Gasteiger charge is 2.25. The molecule has 1 unspecified atom stereocenters. The Kier molecular flexibility index (Phi) is 3.95. The van der Waals surface area contributed by atoms with Gasteiger partial charge in [-0.2, -0.15) is 0 Å². The molecule has 1 aromatic carbocycles. The predicted molar refractivity (Wildman–Crippen MR) is 70.8 cm³/mol. The number of rotatable bonds is 1. The van der Waals surface area contributed by atoms with Gasteiger partial charge >= 0.3 is 0 Å². The summed E-state index contributed by atoms with van der Waals surface area (Å²) in [6, 6.07) is 5.16. The number of likely N-dealkylation sites (tertiary alicyclic amines) is 1. The number of hydrogen-bond donors (Lipinski definition) is 0. The number of nitrogens with zero attached hydrogens (tertiary/aromatic N) is 1. The van der Waals surface area contributed by atoms with Crippen molar-refractivity contribution in [1.29, 1.82) is 0 Å². The molecular formula is C13H15Cl2NO. The fourth-order valence-corrected chi connectivity index (χ4v) is 2.79. The van der Waals surface area contributed by atoms with Crippen molar-refractivity contribution in [1.82, 2.24) is 4.90 Å². The molecule has 1 amide bonds. The van der Waals surface area contributed by atoms with Crippen molar-refractivity contribution in [2.45, 2.75) is 19.8 Å². The minimum atomic E-state index is -0.0489. The second-order valence-corrected chi connectivity index (χ2v) is 5.41. The molecule has 4 heteroatoms. The molecule has 1 saturated heterocycles. The lowest BCUT2D eigenvalue weighted by molar-refractivity contribution is 0.0683. The zero-order chi connectivity index (χ0) is 12.4. The number of carbonyl (C=O) groups is 1. The minimum Gasteiger partial charge on any atom is -0.338 e. The highest BCUT2D eigenvalue weighted by atomic mass is 35.5. The van der Waals surface area contributed by atoms with Gasteiger partial charge in [-0.3, -0.25) is 4.79 Å². The monoisotopic (exact) mass is 271 g/mol. The Hall–Kier alpha value is -0.730. The molecule has 1 aliphatic heterocycles. The van der Waals surface area contributed by atoms with Crippen molar-refractivity contribution in [2.24, 2.45) is 5.92 Å². The van der Waals surface area contributed by atoms with Crippen LogP contribution in [0.2, 0.25) is 10.0 Å². The summed E-state index contributed by atoms with van der Waals surface area (Å²) < 4.78 is 0. The maximum absolute atomic E-state index is 12.3. The first-order valence-corrected chi connectivity index (χ1v) is 6.58. The molecule has 1 aromatic rings. The first-order chi connectivity index (χ1) is 8.09. The maximum Gasteiger partial charge on any atom is 0.256 e. The highest BCUT2D eigenvalue weighted by molar-refractivity contribution is 6.39. The van der Waals surface area contributed by atoms with Crippen LogP contribution in [0.25, 0.3) is 0 Å². The van der Waals surface area contributed by atoms with Crippen LogP contribution >= 0.6 is 23.2 Å². The van der Waals surface area contributed by atoms with E-state index in [0.29, 0.717) is 21.5 Å². The third-order valence-electron chi connectivity index (χ3n) is 3.12. The lowest BCUT2D eigenvalue weighted by Crippen LogP contribution is -2.39. The number of hydrogen-bond acceptors (Lipinski definition) is 1. The fraction of sp³-hybridized carbons (Fsp3) is 0.462. The van der Waals surface area contributed by atoms with Gasteiger partial charge in [0.25, 0.3) is 5.91 Å². The molecule has 0 radical (unpaired) electrons. The van der Waals surface area contributed by atoms with E-state index in [9.17, 15) is 4.79 Å². The molecule has 2 nitrogen and oxygen atoms in total. The summed E-state index contributed by atoms with van der Waals surface area (Å²) in [5.74, 6) is 0.501.